The molecule has 1 heterocycles. The van der Waals surface area contributed by atoms with Crippen LogP contribution in [0.2, 0.25) is 0 Å². The van der Waals surface area contributed by atoms with Crippen LogP contribution in [0.15, 0.2) is 0 Å². The zero-order valence-corrected chi connectivity index (χ0v) is 13.1. The number of ether oxygens (including phenoxy) is 1. The number of nitrogens with one attached hydrogen (secondary N) is 1. The van der Waals surface area contributed by atoms with E-state index in [2.05, 4.69) is 31.0 Å². The molecule has 0 amide bonds. The molecule has 1 aliphatic heterocycles. The smallest absolute Gasteiger partial charge is 0.0826 e. The fourth-order valence-corrected chi connectivity index (χ4v) is 3.61. The van der Waals surface area contributed by atoms with E-state index in [1.807, 2.05) is 0 Å². The Morgan fingerprint density at radius 1 is 1.32 bits per heavy atom. The van der Waals surface area contributed by atoms with Gasteiger partial charge in [0, 0.05) is 32.2 Å². The molecule has 3 nitrogen and oxygen atoms in total. The molecule has 112 valence electrons. The Morgan fingerprint density at radius 2 is 2.05 bits per heavy atom. The Balaban J connectivity index is 1.70. The van der Waals surface area contributed by atoms with Crippen molar-refractivity contribution in [1.82, 2.24) is 10.2 Å². The first-order chi connectivity index (χ1) is 9.15. The highest BCUT2D eigenvalue weighted by molar-refractivity contribution is 4.86. The van der Waals surface area contributed by atoms with E-state index in [0.717, 1.165) is 26.2 Å². The first-order valence-electron chi connectivity index (χ1n) is 8.21. The molecule has 0 spiro atoms. The highest BCUT2D eigenvalue weighted by Gasteiger charge is 2.32. The van der Waals surface area contributed by atoms with Crippen molar-refractivity contribution in [1.29, 1.82) is 0 Å². The van der Waals surface area contributed by atoms with Crippen molar-refractivity contribution < 1.29 is 4.74 Å². The number of rotatable bonds is 6. The maximum Gasteiger partial charge on any atom is 0.0826 e. The maximum absolute atomic E-state index is 5.89. The van der Waals surface area contributed by atoms with E-state index in [0.29, 0.717) is 17.6 Å². The molecule has 1 aliphatic carbocycles. The highest BCUT2D eigenvalue weighted by Crippen LogP contribution is 2.40. The third-order valence-corrected chi connectivity index (χ3v) is 5.19. The predicted octanol–water partition coefficient (Wildman–Crippen LogP) is 2.66. The minimum Gasteiger partial charge on any atom is -0.374 e. The Kier molecular flexibility index (Phi) is 5.67. The van der Waals surface area contributed by atoms with E-state index in [4.69, 9.17) is 4.74 Å². The van der Waals surface area contributed by atoms with Gasteiger partial charge in [0.1, 0.15) is 0 Å². The molecular formula is C16H32N2O. The monoisotopic (exact) mass is 268 g/mol. The zero-order chi connectivity index (χ0) is 13.7. The van der Waals surface area contributed by atoms with Gasteiger partial charge in [-0.2, -0.15) is 0 Å². The Bertz CT molecular complexity index is 261. The van der Waals surface area contributed by atoms with E-state index in [9.17, 15) is 0 Å². The summed E-state index contributed by atoms with van der Waals surface area (Å²) in [7, 11) is 0. The van der Waals surface area contributed by atoms with Crippen LogP contribution >= 0.6 is 0 Å². The van der Waals surface area contributed by atoms with Crippen molar-refractivity contribution >= 4 is 0 Å². The summed E-state index contributed by atoms with van der Waals surface area (Å²) in [6.45, 7) is 12.2. The Hall–Kier alpha value is -0.120. The number of morpholine rings is 1. The van der Waals surface area contributed by atoms with E-state index in [1.165, 1.54) is 38.6 Å². The number of nitrogens with zero attached hydrogens (tertiary/aromatic N) is 1. The summed E-state index contributed by atoms with van der Waals surface area (Å²) in [6.07, 6.45) is 7.39. The summed E-state index contributed by atoms with van der Waals surface area (Å²) < 4.78 is 5.89. The molecule has 1 saturated heterocycles. The third kappa shape index (κ3) is 4.17. The van der Waals surface area contributed by atoms with Gasteiger partial charge in [0.15, 0.2) is 0 Å². The zero-order valence-electron chi connectivity index (χ0n) is 13.1. The van der Waals surface area contributed by atoms with Gasteiger partial charge in [-0.15, -0.1) is 0 Å². The van der Waals surface area contributed by atoms with E-state index < -0.39 is 0 Å². The lowest BCUT2D eigenvalue weighted by atomic mass is 9.83. The Morgan fingerprint density at radius 3 is 2.68 bits per heavy atom. The summed E-state index contributed by atoms with van der Waals surface area (Å²) >= 11 is 0. The molecule has 3 heteroatoms. The molecule has 19 heavy (non-hydrogen) atoms. The fraction of sp³-hybridized carbons (Fsp3) is 1.00. The molecule has 1 saturated carbocycles. The maximum atomic E-state index is 5.89. The van der Waals surface area contributed by atoms with Gasteiger partial charge >= 0.3 is 0 Å². The van der Waals surface area contributed by atoms with Crippen LogP contribution in [0.1, 0.15) is 52.9 Å². The number of hydrogen-bond acceptors (Lipinski definition) is 3. The van der Waals surface area contributed by atoms with Crippen molar-refractivity contribution in [3.8, 4) is 0 Å². The SMILES string of the molecule is CCC1(CNCC2CN(C(C)C)CCO2)CCCC1. The van der Waals surface area contributed by atoms with Gasteiger partial charge in [0.2, 0.25) is 0 Å². The van der Waals surface area contributed by atoms with Gasteiger partial charge in [-0.25, -0.2) is 0 Å². The molecule has 2 rings (SSSR count). The van der Waals surface area contributed by atoms with Crippen molar-refractivity contribution in [3.63, 3.8) is 0 Å². The lowest BCUT2D eigenvalue weighted by Gasteiger charge is -2.36. The van der Waals surface area contributed by atoms with Crippen molar-refractivity contribution in [2.45, 2.75) is 65.0 Å². The van der Waals surface area contributed by atoms with Gasteiger partial charge in [-0.1, -0.05) is 19.8 Å². The van der Waals surface area contributed by atoms with Crippen LogP contribution in [-0.2, 0) is 4.74 Å². The second-order valence-electron chi connectivity index (χ2n) is 6.77. The van der Waals surface area contributed by atoms with Crippen LogP contribution in [0.4, 0.5) is 0 Å². The van der Waals surface area contributed by atoms with Gasteiger partial charge in [0.25, 0.3) is 0 Å². The van der Waals surface area contributed by atoms with Crippen LogP contribution in [0.5, 0.6) is 0 Å². The van der Waals surface area contributed by atoms with Gasteiger partial charge < -0.3 is 10.1 Å². The number of hydrogen-bond donors (Lipinski definition) is 1. The Labute approximate surface area is 119 Å². The molecular weight excluding hydrogens is 236 g/mol. The second-order valence-corrected chi connectivity index (χ2v) is 6.77. The van der Waals surface area contributed by atoms with Crippen LogP contribution in [0.3, 0.4) is 0 Å². The van der Waals surface area contributed by atoms with Crippen molar-refractivity contribution in [2.24, 2.45) is 5.41 Å². The summed E-state index contributed by atoms with van der Waals surface area (Å²) in [5.74, 6) is 0. The highest BCUT2D eigenvalue weighted by atomic mass is 16.5. The molecule has 1 atom stereocenters. The molecule has 0 radical (unpaired) electrons. The predicted molar refractivity (Wildman–Crippen MR) is 80.5 cm³/mol. The molecule has 2 aliphatic rings. The molecule has 0 bridgehead atoms. The lowest BCUT2D eigenvalue weighted by Crippen LogP contribution is -2.49. The van der Waals surface area contributed by atoms with Crippen LogP contribution in [-0.4, -0.2) is 49.8 Å². The van der Waals surface area contributed by atoms with Gasteiger partial charge in [0.05, 0.1) is 12.7 Å². The van der Waals surface area contributed by atoms with Crippen molar-refractivity contribution in [2.75, 3.05) is 32.8 Å². The van der Waals surface area contributed by atoms with Crippen LogP contribution in [0, 0.1) is 5.41 Å². The summed E-state index contributed by atoms with van der Waals surface area (Å²) in [5, 5.41) is 3.70. The minimum absolute atomic E-state index is 0.381. The largest absolute Gasteiger partial charge is 0.374 e. The summed E-state index contributed by atoms with van der Waals surface area (Å²) in [4.78, 5) is 2.53. The van der Waals surface area contributed by atoms with Crippen LogP contribution in [0.25, 0.3) is 0 Å². The normalized spacial score (nSPS) is 28.1. The molecule has 1 N–H and O–H groups in total. The average molecular weight is 268 g/mol. The second kappa shape index (κ2) is 7.05. The topological polar surface area (TPSA) is 24.5 Å². The summed E-state index contributed by atoms with van der Waals surface area (Å²) in [6, 6.07) is 0.642. The molecule has 1 unspecified atom stereocenters. The van der Waals surface area contributed by atoms with E-state index >= 15 is 0 Å². The average Bonchev–Trinajstić information content (AvgIpc) is 2.88. The standard InChI is InChI=1S/C16H32N2O/c1-4-16(7-5-6-8-16)13-17-11-15-12-18(14(2)3)9-10-19-15/h14-15,17H,4-13H2,1-3H3. The molecule has 2 fully saturated rings. The summed E-state index contributed by atoms with van der Waals surface area (Å²) in [5.41, 5.74) is 0.590. The minimum atomic E-state index is 0.381. The van der Waals surface area contributed by atoms with E-state index in [1.54, 1.807) is 0 Å². The van der Waals surface area contributed by atoms with Crippen molar-refractivity contribution in [3.05, 3.63) is 0 Å². The molecule has 0 aromatic rings. The fourth-order valence-electron chi connectivity index (χ4n) is 3.61. The van der Waals surface area contributed by atoms with E-state index in [-0.39, 0.29) is 0 Å². The van der Waals surface area contributed by atoms with Gasteiger partial charge in [-0.3, -0.25) is 4.90 Å². The first-order valence-corrected chi connectivity index (χ1v) is 8.21. The quantitative estimate of drug-likeness (QED) is 0.801. The lowest BCUT2D eigenvalue weighted by molar-refractivity contribution is -0.0380. The van der Waals surface area contributed by atoms with Crippen LogP contribution < -0.4 is 5.32 Å². The van der Waals surface area contributed by atoms with Gasteiger partial charge in [-0.05, 0) is 38.5 Å². The first kappa shape index (κ1) is 15.3. The third-order valence-electron chi connectivity index (χ3n) is 5.19. The molecule has 0 aromatic carbocycles. The molecule has 0 aromatic heterocycles.